The smallest absolute Gasteiger partial charge is 0.0593 e. The van der Waals surface area contributed by atoms with Crippen LogP contribution in [0.15, 0.2) is 0 Å². The maximum absolute atomic E-state index is 5.74. The summed E-state index contributed by atoms with van der Waals surface area (Å²) in [4.78, 5) is 2.73. The molecule has 37 heavy (non-hydrogen) atoms. The van der Waals surface area contributed by atoms with Gasteiger partial charge in [0.1, 0.15) is 0 Å². The van der Waals surface area contributed by atoms with Gasteiger partial charge in [-0.05, 0) is 76.5 Å². The summed E-state index contributed by atoms with van der Waals surface area (Å²) in [6.45, 7) is 24.9. The molecule has 0 radical (unpaired) electrons. The predicted octanol–water partition coefficient (Wildman–Crippen LogP) is 9.18. The summed E-state index contributed by atoms with van der Waals surface area (Å²) >= 11 is 0. The van der Waals surface area contributed by atoms with Crippen LogP contribution in [-0.2, 0) is 14.2 Å². The molecule has 4 nitrogen and oxygen atoms in total. The summed E-state index contributed by atoms with van der Waals surface area (Å²) in [6.07, 6.45) is 19.3. The highest BCUT2D eigenvalue weighted by Gasteiger charge is 2.14. The standard InChI is InChI=1S/C27H59NO3P2.2C2H6/c1-6-10-12-22-32(23-13-11-7-2)26-17-28(16-21-31-9-4)18-27-33(24-14-19-29-5)25-15-20-30-8-3;2*1-2/h6-27H2,1-5H3;2*1-2H3. The third-order valence-corrected chi connectivity index (χ3v) is 11.6. The van der Waals surface area contributed by atoms with Gasteiger partial charge < -0.3 is 19.1 Å². The SMILES string of the molecule is CC.CC.CCCCCP(CCCCC)CCN(CCOCC)CCP(CCCOC)CCCOCC. The number of rotatable bonds is 27. The lowest BCUT2D eigenvalue weighted by Gasteiger charge is -2.28. The lowest BCUT2D eigenvalue weighted by Crippen LogP contribution is -2.33. The first kappa shape index (κ1) is 42.2. The monoisotopic (exact) mass is 567 g/mol. The molecular formula is C31H71NO3P2. The van der Waals surface area contributed by atoms with Crippen molar-refractivity contribution in [3.8, 4) is 0 Å². The van der Waals surface area contributed by atoms with Crippen molar-refractivity contribution in [2.45, 2.75) is 107 Å². The van der Waals surface area contributed by atoms with E-state index in [4.69, 9.17) is 14.2 Å². The first-order valence-electron chi connectivity index (χ1n) is 16.0. The van der Waals surface area contributed by atoms with Crippen LogP contribution in [0.1, 0.15) is 107 Å². The third kappa shape index (κ3) is 32.8. The van der Waals surface area contributed by atoms with E-state index in [0.717, 1.165) is 39.6 Å². The highest BCUT2D eigenvalue weighted by atomic mass is 31.1. The van der Waals surface area contributed by atoms with Crippen molar-refractivity contribution >= 4 is 15.8 Å². The van der Waals surface area contributed by atoms with Crippen molar-refractivity contribution in [3.05, 3.63) is 0 Å². The van der Waals surface area contributed by atoms with E-state index in [2.05, 4.69) is 32.6 Å². The van der Waals surface area contributed by atoms with Crippen molar-refractivity contribution < 1.29 is 14.2 Å². The van der Waals surface area contributed by atoms with Gasteiger partial charge in [-0.1, -0.05) is 67.2 Å². The molecule has 0 N–H and O–H groups in total. The lowest BCUT2D eigenvalue weighted by atomic mass is 10.3. The van der Waals surface area contributed by atoms with E-state index >= 15 is 0 Å². The van der Waals surface area contributed by atoms with Gasteiger partial charge in [-0.15, -0.1) is 15.8 Å². The summed E-state index contributed by atoms with van der Waals surface area (Å²) in [5.41, 5.74) is 0. The molecule has 0 aliphatic heterocycles. The molecule has 0 aliphatic rings. The molecule has 0 aromatic heterocycles. The quantitative estimate of drug-likeness (QED) is 0.0731. The molecule has 0 saturated heterocycles. The first-order valence-corrected chi connectivity index (χ1v) is 19.8. The second-order valence-electron chi connectivity index (χ2n) is 9.03. The third-order valence-electron chi connectivity index (χ3n) is 6.17. The molecule has 0 aromatic carbocycles. The second-order valence-corrected chi connectivity index (χ2v) is 14.4. The molecule has 1 atom stereocenters. The average molecular weight is 568 g/mol. The summed E-state index contributed by atoms with van der Waals surface area (Å²) in [5, 5.41) is 0. The number of hydrogen-bond acceptors (Lipinski definition) is 4. The molecule has 228 valence electrons. The topological polar surface area (TPSA) is 30.9 Å². The van der Waals surface area contributed by atoms with Gasteiger partial charge in [0.25, 0.3) is 0 Å². The minimum atomic E-state index is 0.0734. The van der Waals surface area contributed by atoms with Crippen LogP contribution in [0.25, 0.3) is 0 Å². The van der Waals surface area contributed by atoms with Crippen molar-refractivity contribution in [1.82, 2.24) is 4.90 Å². The molecule has 0 amide bonds. The Morgan fingerprint density at radius 3 is 1.35 bits per heavy atom. The van der Waals surface area contributed by atoms with Crippen LogP contribution in [0.2, 0.25) is 0 Å². The minimum absolute atomic E-state index is 0.0734. The molecular weight excluding hydrogens is 496 g/mol. The van der Waals surface area contributed by atoms with Crippen LogP contribution < -0.4 is 0 Å². The molecule has 0 aromatic rings. The van der Waals surface area contributed by atoms with Gasteiger partial charge >= 0.3 is 0 Å². The normalized spacial score (nSPS) is 11.8. The molecule has 0 heterocycles. The van der Waals surface area contributed by atoms with E-state index in [1.54, 1.807) is 0 Å². The lowest BCUT2D eigenvalue weighted by molar-refractivity contribution is 0.118. The minimum Gasteiger partial charge on any atom is -0.385 e. The van der Waals surface area contributed by atoms with E-state index in [0.29, 0.717) is 0 Å². The Morgan fingerprint density at radius 2 is 0.919 bits per heavy atom. The van der Waals surface area contributed by atoms with Crippen LogP contribution >= 0.6 is 15.8 Å². The zero-order valence-corrected chi connectivity index (χ0v) is 28.9. The zero-order chi connectivity index (χ0) is 28.4. The van der Waals surface area contributed by atoms with Crippen LogP contribution in [0.4, 0.5) is 0 Å². The number of unbranched alkanes of at least 4 members (excludes halogenated alkanes) is 4. The van der Waals surface area contributed by atoms with Gasteiger partial charge in [0.2, 0.25) is 0 Å². The van der Waals surface area contributed by atoms with Crippen molar-refractivity contribution in [1.29, 1.82) is 0 Å². The van der Waals surface area contributed by atoms with Crippen LogP contribution in [0, 0.1) is 0 Å². The first-order chi connectivity index (χ1) is 18.2. The molecule has 0 fully saturated rings. The van der Waals surface area contributed by atoms with Gasteiger partial charge in [0.15, 0.2) is 0 Å². The maximum atomic E-state index is 5.74. The molecule has 0 bridgehead atoms. The summed E-state index contributed by atoms with van der Waals surface area (Å²) in [6, 6.07) is 0. The molecule has 0 saturated carbocycles. The summed E-state index contributed by atoms with van der Waals surface area (Å²) < 4.78 is 16.7. The Labute approximate surface area is 238 Å². The van der Waals surface area contributed by atoms with Crippen LogP contribution in [-0.4, -0.2) is 102 Å². The largest absolute Gasteiger partial charge is 0.385 e. The molecule has 6 heteroatoms. The van der Waals surface area contributed by atoms with Crippen LogP contribution in [0.3, 0.4) is 0 Å². The van der Waals surface area contributed by atoms with Gasteiger partial charge in [0.05, 0.1) is 6.61 Å². The highest BCUT2D eigenvalue weighted by molar-refractivity contribution is 7.57. The Balaban J connectivity index is -0.00000274. The Bertz CT molecular complexity index is 368. The zero-order valence-electron chi connectivity index (χ0n) is 27.1. The number of hydrogen-bond donors (Lipinski definition) is 0. The fourth-order valence-electron chi connectivity index (χ4n) is 4.05. The van der Waals surface area contributed by atoms with Gasteiger partial charge in [0, 0.05) is 53.2 Å². The summed E-state index contributed by atoms with van der Waals surface area (Å²) in [7, 11) is 2.10. The maximum Gasteiger partial charge on any atom is 0.0593 e. The van der Waals surface area contributed by atoms with E-state index < -0.39 is 0 Å². The summed E-state index contributed by atoms with van der Waals surface area (Å²) in [5.74, 6) is 0. The molecule has 0 spiro atoms. The Hall–Kier alpha value is 0.700. The number of nitrogens with zero attached hydrogens (tertiary/aromatic N) is 1. The molecule has 0 rings (SSSR count). The fraction of sp³-hybridized carbons (Fsp3) is 1.00. The van der Waals surface area contributed by atoms with E-state index in [9.17, 15) is 0 Å². The second kappa shape index (κ2) is 38.8. The molecule has 1 unspecified atom stereocenters. The number of methoxy groups -OCH3 is 1. The van der Waals surface area contributed by atoms with Crippen molar-refractivity contribution in [2.75, 3.05) is 96.7 Å². The molecule has 0 aliphatic carbocycles. The number of ether oxygens (including phenoxy) is 3. The van der Waals surface area contributed by atoms with Crippen LogP contribution in [0.5, 0.6) is 0 Å². The van der Waals surface area contributed by atoms with Crippen molar-refractivity contribution in [2.24, 2.45) is 0 Å². The van der Waals surface area contributed by atoms with E-state index in [-0.39, 0.29) is 15.8 Å². The average Bonchev–Trinajstić information content (AvgIpc) is 2.93. The van der Waals surface area contributed by atoms with Gasteiger partial charge in [-0.3, -0.25) is 0 Å². The van der Waals surface area contributed by atoms with Crippen molar-refractivity contribution in [3.63, 3.8) is 0 Å². The van der Waals surface area contributed by atoms with E-state index in [1.807, 2.05) is 34.8 Å². The van der Waals surface area contributed by atoms with Gasteiger partial charge in [-0.25, -0.2) is 0 Å². The predicted molar refractivity (Wildman–Crippen MR) is 175 cm³/mol. The Kier molecular flexibility index (Phi) is 44.3. The van der Waals surface area contributed by atoms with E-state index in [1.165, 1.54) is 101 Å². The highest BCUT2D eigenvalue weighted by Crippen LogP contribution is 2.39. The van der Waals surface area contributed by atoms with Gasteiger partial charge in [-0.2, -0.15) is 0 Å². The fourth-order valence-corrected chi connectivity index (χ4v) is 9.02. The Morgan fingerprint density at radius 1 is 0.486 bits per heavy atom.